The van der Waals surface area contributed by atoms with Crippen LogP contribution in [-0.4, -0.2) is 34.1 Å². The molecule has 0 unspecified atom stereocenters. The molecule has 1 amide bonds. The van der Waals surface area contributed by atoms with Crippen molar-refractivity contribution in [2.75, 3.05) is 7.05 Å². The van der Waals surface area contributed by atoms with Crippen molar-refractivity contribution in [2.24, 2.45) is 0 Å². The van der Waals surface area contributed by atoms with Gasteiger partial charge in [-0.2, -0.15) is 0 Å². The van der Waals surface area contributed by atoms with E-state index in [1.165, 1.54) is 18.2 Å². The number of rotatable bonds is 2. The summed E-state index contributed by atoms with van der Waals surface area (Å²) in [7, 11) is 1.71. The molecule has 1 fully saturated rings. The van der Waals surface area contributed by atoms with Crippen molar-refractivity contribution in [3.05, 3.63) is 23.8 Å². The number of benzene rings is 1. The van der Waals surface area contributed by atoms with Crippen LogP contribution in [0.4, 0.5) is 0 Å². The van der Waals surface area contributed by atoms with E-state index in [1.807, 2.05) is 0 Å². The summed E-state index contributed by atoms with van der Waals surface area (Å²) in [6.45, 7) is 0. The normalized spacial score (nSPS) is 15.0. The average molecular weight is 207 g/mol. The van der Waals surface area contributed by atoms with Crippen molar-refractivity contribution in [3.8, 4) is 11.5 Å². The van der Waals surface area contributed by atoms with Crippen molar-refractivity contribution in [3.63, 3.8) is 0 Å². The fourth-order valence-corrected chi connectivity index (χ4v) is 1.51. The minimum absolute atomic E-state index is 0.0136. The lowest BCUT2D eigenvalue weighted by Crippen LogP contribution is -2.28. The van der Waals surface area contributed by atoms with Gasteiger partial charge in [0, 0.05) is 13.1 Å². The highest BCUT2D eigenvalue weighted by atomic mass is 16.3. The molecule has 4 nitrogen and oxygen atoms in total. The number of carbonyl (C=O) groups excluding carboxylic acids is 1. The van der Waals surface area contributed by atoms with Gasteiger partial charge < -0.3 is 15.1 Å². The summed E-state index contributed by atoms with van der Waals surface area (Å²) in [5, 5.41) is 18.7. The zero-order chi connectivity index (χ0) is 11.0. The Hall–Kier alpha value is -1.71. The van der Waals surface area contributed by atoms with Gasteiger partial charge in [-0.15, -0.1) is 0 Å². The monoisotopic (exact) mass is 207 g/mol. The highest BCUT2D eigenvalue weighted by Crippen LogP contribution is 2.29. The van der Waals surface area contributed by atoms with E-state index in [-0.39, 0.29) is 23.0 Å². The number of nitrogens with zero attached hydrogens (tertiary/aromatic N) is 1. The SMILES string of the molecule is CN(C(=O)c1cc(O)ccc1O)C1CC1. The summed E-state index contributed by atoms with van der Waals surface area (Å²) < 4.78 is 0. The van der Waals surface area contributed by atoms with E-state index in [9.17, 15) is 15.0 Å². The van der Waals surface area contributed by atoms with E-state index >= 15 is 0 Å². The lowest BCUT2D eigenvalue weighted by Gasteiger charge is -2.16. The van der Waals surface area contributed by atoms with Gasteiger partial charge in [-0.1, -0.05) is 0 Å². The number of amides is 1. The second-order valence-electron chi connectivity index (χ2n) is 3.85. The maximum absolute atomic E-state index is 11.9. The van der Waals surface area contributed by atoms with Crippen molar-refractivity contribution < 1.29 is 15.0 Å². The molecule has 0 saturated heterocycles. The number of carbonyl (C=O) groups is 1. The maximum Gasteiger partial charge on any atom is 0.257 e. The maximum atomic E-state index is 11.9. The van der Waals surface area contributed by atoms with Gasteiger partial charge in [0.25, 0.3) is 5.91 Å². The third-order valence-corrected chi connectivity index (χ3v) is 2.63. The number of phenols is 2. The van der Waals surface area contributed by atoms with Gasteiger partial charge >= 0.3 is 0 Å². The zero-order valence-electron chi connectivity index (χ0n) is 8.47. The minimum atomic E-state index is -0.245. The predicted molar refractivity (Wildman–Crippen MR) is 54.9 cm³/mol. The van der Waals surface area contributed by atoms with E-state index in [2.05, 4.69) is 0 Å². The molecule has 0 aliphatic heterocycles. The second kappa shape index (κ2) is 3.46. The van der Waals surface area contributed by atoms with Crippen molar-refractivity contribution in [1.29, 1.82) is 0 Å². The standard InChI is InChI=1S/C11H13NO3/c1-12(7-2-3-7)11(15)9-6-8(13)4-5-10(9)14/h4-7,13-14H,2-3H2,1H3. The zero-order valence-corrected chi connectivity index (χ0v) is 8.47. The van der Waals surface area contributed by atoms with Crippen LogP contribution in [0.2, 0.25) is 0 Å². The van der Waals surface area contributed by atoms with Crippen molar-refractivity contribution >= 4 is 5.91 Å². The highest BCUT2D eigenvalue weighted by Gasteiger charge is 2.31. The van der Waals surface area contributed by atoms with Crippen LogP contribution in [0.3, 0.4) is 0 Å². The Morgan fingerprint density at radius 3 is 2.67 bits per heavy atom. The molecule has 80 valence electrons. The Balaban J connectivity index is 2.27. The largest absolute Gasteiger partial charge is 0.508 e. The smallest absolute Gasteiger partial charge is 0.257 e. The summed E-state index contributed by atoms with van der Waals surface area (Å²) >= 11 is 0. The molecule has 1 aromatic carbocycles. The van der Waals surface area contributed by atoms with E-state index in [0.29, 0.717) is 6.04 Å². The lowest BCUT2D eigenvalue weighted by atomic mass is 10.1. The average Bonchev–Trinajstić information content (AvgIpc) is 3.03. The molecule has 0 aromatic heterocycles. The van der Waals surface area contributed by atoms with Gasteiger partial charge in [0.2, 0.25) is 0 Å². The predicted octanol–water partition coefficient (Wildman–Crippen LogP) is 1.33. The molecule has 15 heavy (non-hydrogen) atoms. The molecule has 2 N–H and O–H groups in total. The highest BCUT2D eigenvalue weighted by molar-refractivity contribution is 5.97. The van der Waals surface area contributed by atoms with Gasteiger partial charge in [0.1, 0.15) is 11.5 Å². The van der Waals surface area contributed by atoms with Crippen LogP contribution in [0.25, 0.3) is 0 Å². The fourth-order valence-electron chi connectivity index (χ4n) is 1.51. The third kappa shape index (κ3) is 1.88. The number of hydrogen-bond acceptors (Lipinski definition) is 3. The molecule has 0 radical (unpaired) electrons. The first-order chi connectivity index (χ1) is 7.09. The number of hydrogen-bond donors (Lipinski definition) is 2. The molecule has 4 heteroatoms. The summed E-state index contributed by atoms with van der Waals surface area (Å²) in [5.41, 5.74) is 0.157. The molecule has 0 bridgehead atoms. The van der Waals surface area contributed by atoms with Crippen LogP contribution in [0.5, 0.6) is 11.5 Å². The molecule has 1 aliphatic rings. The molecule has 1 saturated carbocycles. The Morgan fingerprint density at radius 2 is 2.07 bits per heavy atom. The summed E-state index contributed by atoms with van der Waals surface area (Å²) in [6, 6.07) is 4.25. The number of phenolic OH excluding ortho intramolecular Hbond substituents is 2. The molecule has 2 rings (SSSR count). The van der Waals surface area contributed by atoms with Crippen LogP contribution >= 0.6 is 0 Å². The van der Waals surface area contributed by atoms with Crippen LogP contribution in [0, 0.1) is 0 Å². The number of aromatic hydroxyl groups is 2. The van der Waals surface area contributed by atoms with Crippen LogP contribution < -0.4 is 0 Å². The molecule has 0 spiro atoms. The lowest BCUT2D eigenvalue weighted by molar-refractivity contribution is 0.0781. The molecule has 0 atom stereocenters. The van der Waals surface area contributed by atoms with Gasteiger partial charge in [-0.25, -0.2) is 0 Å². The molecule has 1 aliphatic carbocycles. The fraction of sp³-hybridized carbons (Fsp3) is 0.364. The van der Waals surface area contributed by atoms with E-state index in [0.717, 1.165) is 12.8 Å². The quantitative estimate of drug-likeness (QED) is 0.719. The van der Waals surface area contributed by atoms with Crippen LogP contribution in [0.1, 0.15) is 23.2 Å². The summed E-state index contributed by atoms with van der Waals surface area (Å²) in [5.74, 6) is -0.350. The van der Waals surface area contributed by atoms with Gasteiger partial charge in [-0.05, 0) is 31.0 Å². The topological polar surface area (TPSA) is 60.8 Å². The van der Waals surface area contributed by atoms with Crippen molar-refractivity contribution in [1.82, 2.24) is 4.90 Å². The Bertz CT molecular complexity index is 399. The summed E-state index contributed by atoms with van der Waals surface area (Å²) in [4.78, 5) is 13.5. The first kappa shape index (κ1) is 9.83. The minimum Gasteiger partial charge on any atom is -0.508 e. The first-order valence-corrected chi connectivity index (χ1v) is 4.88. The van der Waals surface area contributed by atoms with E-state index in [1.54, 1.807) is 11.9 Å². The van der Waals surface area contributed by atoms with Crippen LogP contribution in [0.15, 0.2) is 18.2 Å². The summed E-state index contributed by atoms with van der Waals surface area (Å²) in [6.07, 6.45) is 2.03. The Morgan fingerprint density at radius 1 is 1.40 bits per heavy atom. The molecular formula is C11H13NO3. The van der Waals surface area contributed by atoms with Crippen molar-refractivity contribution in [2.45, 2.75) is 18.9 Å². The first-order valence-electron chi connectivity index (χ1n) is 4.88. The van der Waals surface area contributed by atoms with Crippen LogP contribution in [-0.2, 0) is 0 Å². The second-order valence-corrected chi connectivity index (χ2v) is 3.85. The molecular weight excluding hydrogens is 194 g/mol. The van der Waals surface area contributed by atoms with Gasteiger partial charge in [-0.3, -0.25) is 4.79 Å². The Kier molecular flexibility index (Phi) is 2.26. The third-order valence-electron chi connectivity index (χ3n) is 2.63. The van der Waals surface area contributed by atoms with E-state index < -0.39 is 0 Å². The van der Waals surface area contributed by atoms with Gasteiger partial charge in [0.05, 0.1) is 5.56 Å². The van der Waals surface area contributed by atoms with Gasteiger partial charge in [0.15, 0.2) is 0 Å². The molecule has 1 aromatic rings. The van der Waals surface area contributed by atoms with E-state index in [4.69, 9.17) is 0 Å². The molecule has 0 heterocycles. The Labute approximate surface area is 87.8 Å².